The number of aromatic carboxylic acids is 2. The second-order valence-electron chi connectivity index (χ2n) is 5.13. The molecule has 2 N–H and O–H groups in total. The fourth-order valence-electron chi connectivity index (χ4n) is 2.35. The molecule has 0 atom stereocenters. The number of fused-ring (bicyclic) bond motifs is 2. The number of hydrogen-bond donors (Lipinski definition) is 2. The monoisotopic (exact) mass is 422 g/mol. The zero-order valence-corrected chi connectivity index (χ0v) is 17.0. The van der Waals surface area contributed by atoms with E-state index in [-0.39, 0.29) is 35.1 Å². The average molecular weight is 422 g/mol. The van der Waals surface area contributed by atoms with Crippen molar-refractivity contribution in [3.8, 4) is 11.5 Å². The van der Waals surface area contributed by atoms with Crippen molar-refractivity contribution < 1.29 is 75.5 Å². The maximum absolute atomic E-state index is 12.8. The minimum Gasteiger partial charge on any atom is -0.744 e. The number of ether oxygens (including phenoxy) is 1. The summed E-state index contributed by atoms with van der Waals surface area (Å²) in [6.45, 7) is 0. The summed E-state index contributed by atoms with van der Waals surface area (Å²) < 4.78 is 65.1. The van der Waals surface area contributed by atoms with E-state index in [9.17, 15) is 31.0 Å². The zero-order chi connectivity index (χ0) is 19.4. The number of sulfone groups is 1. The van der Waals surface area contributed by atoms with E-state index in [0.717, 1.165) is 18.2 Å². The second-order valence-corrected chi connectivity index (χ2v) is 8.37. The molecule has 3 rings (SSSR count). The van der Waals surface area contributed by atoms with Crippen LogP contribution in [0, 0.1) is 0 Å². The first kappa shape index (κ1) is 21.3. The van der Waals surface area contributed by atoms with Crippen LogP contribution in [0.2, 0.25) is 0 Å². The van der Waals surface area contributed by atoms with Crippen LogP contribution >= 0.6 is 0 Å². The Morgan fingerprint density at radius 2 is 1.52 bits per heavy atom. The molecule has 27 heavy (non-hydrogen) atoms. The Morgan fingerprint density at radius 3 is 2.04 bits per heavy atom. The summed E-state index contributed by atoms with van der Waals surface area (Å²) >= 11 is 0. The predicted molar refractivity (Wildman–Crippen MR) is 80.3 cm³/mol. The molecule has 1 aliphatic heterocycles. The molecule has 0 spiro atoms. The fourth-order valence-corrected chi connectivity index (χ4v) is 4.64. The van der Waals surface area contributed by atoms with Gasteiger partial charge in [-0.1, -0.05) is 0 Å². The molecule has 136 valence electrons. The number of carbonyl (C=O) groups is 2. The standard InChI is InChI=1S/C14H8O10S2.Na/c15-13(16)6-1-2-8-9(3-6)25(19,20)10-4-7(14(17)18)5-11(12(10)24-8)26(21,22)23;/h1-5H,(H,15,16)(H,17,18)(H,21,22,23);/q;+1/p-1. The summed E-state index contributed by atoms with van der Waals surface area (Å²) in [7, 11) is -9.82. The van der Waals surface area contributed by atoms with E-state index in [4.69, 9.17) is 14.9 Å². The summed E-state index contributed by atoms with van der Waals surface area (Å²) in [5, 5.41) is 18.0. The molecule has 0 radical (unpaired) electrons. The van der Waals surface area contributed by atoms with Gasteiger partial charge in [0.2, 0.25) is 9.84 Å². The summed E-state index contributed by atoms with van der Waals surface area (Å²) in [6.07, 6.45) is 0. The van der Waals surface area contributed by atoms with Crippen molar-refractivity contribution in [2.24, 2.45) is 0 Å². The average Bonchev–Trinajstić information content (AvgIpc) is 2.52. The molecule has 0 saturated carbocycles. The molecule has 13 heteroatoms. The van der Waals surface area contributed by atoms with Crippen LogP contribution in [-0.2, 0) is 20.0 Å². The van der Waals surface area contributed by atoms with Crippen molar-refractivity contribution in [3.63, 3.8) is 0 Å². The van der Waals surface area contributed by atoms with E-state index in [0.29, 0.717) is 12.1 Å². The molecule has 1 aliphatic rings. The molecule has 2 aromatic carbocycles. The quantitative estimate of drug-likeness (QED) is 0.352. The first-order valence-corrected chi connectivity index (χ1v) is 9.49. The van der Waals surface area contributed by atoms with Gasteiger partial charge < -0.3 is 19.5 Å². The van der Waals surface area contributed by atoms with Gasteiger partial charge in [-0.3, -0.25) is 0 Å². The van der Waals surface area contributed by atoms with Crippen molar-refractivity contribution in [2.75, 3.05) is 0 Å². The van der Waals surface area contributed by atoms with Gasteiger partial charge in [0.25, 0.3) is 0 Å². The van der Waals surface area contributed by atoms with Gasteiger partial charge in [0, 0.05) is 0 Å². The van der Waals surface area contributed by atoms with Crippen molar-refractivity contribution in [3.05, 3.63) is 41.5 Å². The number of carboxylic acid groups (broad SMARTS) is 2. The summed E-state index contributed by atoms with van der Waals surface area (Å²) in [5.41, 5.74) is -1.14. The molecule has 0 fully saturated rings. The van der Waals surface area contributed by atoms with Crippen molar-refractivity contribution >= 4 is 31.9 Å². The van der Waals surface area contributed by atoms with Crippen molar-refractivity contribution in [1.29, 1.82) is 0 Å². The van der Waals surface area contributed by atoms with Crippen LogP contribution in [0.3, 0.4) is 0 Å². The molecule has 2 aromatic rings. The van der Waals surface area contributed by atoms with E-state index >= 15 is 0 Å². The van der Waals surface area contributed by atoms with Crippen molar-refractivity contribution in [1.82, 2.24) is 0 Å². The minimum atomic E-state index is -5.27. The molecule has 10 nitrogen and oxygen atoms in total. The third-order valence-corrected chi connectivity index (χ3v) is 6.14. The minimum absolute atomic E-state index is 0. The summed E-state index contributed by atoms with van der Waals surface area (Å²) in [4.78, 5) is 19.6. The topological polar surface area (TPSA) is 175 Å². The first-order valence-electron chi connectivity index (χ1n) is 6.60. The largest absolute Gasteiger partial charge is 1.00 e. The third-order valence-electron chi connectivity index (χ3n) is 3.52. The fraction of sp³-hybridized carbons (Fsp3) is 0. The van der Waals surface area contributed by atoms with E-state index in [1.807, 2.05) is 0 Å². The summed E-state index contributed by atoms with van der Waals surface area (Å²) in [6, 6.07) is 3.94. The zero-order valence-electron chi connectivity index (χ0n) is 13.4. The molecule has 1 heterocycles. The van der Waals surface area contributed by atoms with Crippen molar-refractivity contribution in [2.45, 2.75) is 14.7 Å². The Hall–Kier alpha value is -1.96. The Bertz CT molecular complexity index is 1200. The van der Waals surface area contributed by atoms with Crippen LogP contribution < -0.4 is 34.3 Å². The molecule has 0 unspecified atom stereocenters. The van der Waals surface area contributed by atoms with Gasteiger partial charge in [0.05, 0.1) is 16.0 Å². The van der Waals surface area contributed by atoms with Gasteiger partial charge in [-0.25, -0.2) is 26.4 Å². The molecular formula is C14H7NaO10S2. The molecule has 0 saturated heterocycles. The van der Waals surface area contributed by atoms with Gasteiger partial charge >= 0.3 is 41.5 Å². The first-order chi connectivity index (χ1) is 11.9. The van der Waals surface area contributed by atoms with Gasteiger partial charge in [-0.15, -0.1) is 0 Å². The number of benzene rings is 2. The summed E-state index contributed by atoms with van der Waals surface area (Å²) in [5.74, 6) is -4.31. The van der Waals surface area contributed by atoms with E-state index in [1.165, 1.54) is 0 Å². The molecule has 0 aliphatic carbocycles. The van der Waals surface area contributed by atoms with E-state index in [2.05, 4.69) is 0 Å². The van der Waals surface area contributed by atoms with Crippen LogP contribution in [0.5, 0.6) is 11.5 Å². The molecule has 0 bridgehead atoms. The third kappa shape index (κ3) is 3.59. The smallest absolute Gasteiger partial charge is 0.744 e. The van der Waals surface area contributed by atoms with Crippen LogP contribution in [0.25, 0.3) is 0 Å². The van der Waals surface area contributed by atoms with E-state index < -0.39 is 63.6 Å². The van der Waals surface area contributed by atoms with Gasteiger partial charge in [-0.05, 0) is 30.3 Å². The SMILES string of the molecule is O=C(O)c1ccc2c(c1)S(=O)(=O)c1cc(C(=O)O)cc(S(=O)(=O)[O-])c1O2.[Na+]. The number of rotatable bonds is 3. The second kappa shape index (κ2) is 6.89. The maximum atomic E-state index is 12.8. The van der Waals surface area contributed by atoms with Crippen LogP contribution in [0.1, 0.15) is 20.7 Å². The molecule has 0 amide bonds. The van der Waals surface area contributed by atoms with Gasteiger partial charge in [-0.2, -0.15) is 0 Å². The predicted octanol–water partition coefficient (Wildman–Crippen LogP) is -2.07. The van der Waals surface area contributed by atoms with Crippen LogP contribution in [-0.4, -0.2) is 43.5 Å². The normalized spacial score (nSPS) is 14.1. The maximum Gasteiger partial charge on any atom is 1.00 e. The van der Waals surface area contributed by atoms with Gasteiger partial charge in [0.1, 0.15) is 25.7 Å². The number of carboxylic acids is 2. The van der Waals surface area contributed by atoms with E-state index in [1.54, 1.807) is 0 Å². The molecule has 0 aromatic heterocycles. The molecular weight excluding hydrogens is 415 g/mol. The van der Waals surface area contributed by atoms with Crippen LogP contribution in [0.15, 0.2) is 45.0 Å². The van der Waals surface area contributed by atoms with Crippen LogP contribution in [0.4, 0.5) is 0 Å². The Balaban J connectivity index is 0.00000261. The van der Waals surface area contributed by atoms with Gasteiger partial charge in [0.15, 0.2) is 5.75 Å². The Morgan fingerprint density at radius 1 is 0.963 bits per heavy atom. The Kier molecular flexibility index (Phi) is 5.45. The number of hydrogen-bond acceptors (Lipinski definition) is 8. The Labute approximate surface area is 174 Å².